The van der Waals surface area contributed by atoms with Gasteiger partial charge in [-0.2, -0.15) is 0 Å². The number of thiophene rings is 1. The van der Waals surface area contributed by atoms with Crippen molar-refractivity contribution in [3.05, 3.63) is 46.4 Å². The van der Waals surface area contributed by atoms with Gasteiger partial charge in [0.05, 0.1) is 22.5 Å². The molecule has 140 valence electrons. The molecule has 3 aromatic rings. The number of carbonyl (C=O) groups excluding carboxylic acids is 1. The summed E-state index contributed by atoms with van der Waals surface area (Å²) >= 11 is 1.44. The lowest BCUT2D eigenvalue weighted by atomic mass is 10.2. The molecule has 26 heavy (non-hydrogen) atoms. The molecule has 1 aromatic carbocycles. The molecule has 5 nitrogen and oxygen atoms in total. The van der Waals surface area contributed by atoms with Crippen LogP contribution in [0.2, 0.25) is 0 Å². The van der Waals surface area contributed by atoms with E-state index in [0.717, 1.165) is 42.2 Å². The first-order chi connectivity index (χ1) is 11.7. The summed E-state index contributed by atoms with van der Waals surface area (Å²) in [6.45, 7) is 3.21. The van der Waals surface area contributed by atoms with Crippen LogP contribution in [0.3, 0.4) is 0 Å². The standard InChI is InChI=1S/C18H20N4OS.2ClH/c1-21-15-7-6-13(19-18(23)16-5-4-10-24-16)11-14(15)20-17(21)12-22-8-2-3-9-22;;/h4-7,10-11H,2-3,8-9,12H2,1H3,(H,19,23);2*1H. The fourth-order valence-corrected chi connectivity index (χ4v) is 3.83. The lowest BCUT2D eigenvalue weighted by Crippen LogP contribution is -2.20. The molecule has 0 atom stereocenters. The smallest absolute Gasteiger partial charge is 0.265 e. The number of benzene rings is 1. The number of nitrogens with zero attached hydrogens (tertiary/aromatic N) is 3. The van der Waals surface area contributed by atoms with Gasteiger partial charge in [-0.3, -0.25) is 9.69 Å². The van der Waals surface area contributed by atoms with E-state index in [4.69, 9.17) is 4.98 Å². The number of halogens is 2. The van der Waals surface area contributed by atoms with E-state index in [1.807, 2.05) is 35.7 Å². The molecular weight excluding hydrogens is 391 g/mol. The van der Waals surface area contributed by atoms with E-state index in [-0.39, 0.29) is 30.7 Å². The van der Waals surface area contributed by atoms with Crippen LogP contribution in [0.25, 0.3) is 11.0 Å². The molecule has 1 fully saturated rings. The molecule has 0 saturated carbocycles. The fraction of sp³-hybridized carbons (Fsp3) is 0.333. The number of likely N-dealkylation sites (tertiary alicyclic amines) is 1. The molecule has 1 saturated heterocycles. The molecule has 0 bridgehead atoms. The normalized spacial score (nSPS) is 14.0. The predicted octanol–water partition coefficient (Wildman–Crippen LogP) is 4.33. The van der Waals surface area contributed by atoms with Gasteiger partial charge < -0.3 is 9.88 Å². The second kappa shape index (κ2) is 8.86. The number of aromatic nitrogens is 2. The molecule has 1 aliphatic rings. The molecule has 1 aliphatic heterocycles. The van der Waals surface area contributed by atoms with Gasteiger partial charge in [-0.15, -0.1) is 36.2 Å². The number of amides is 1. The van der Waals surface area contributed by atoms with Crippen LogP contribution in [-0.4, -0.2) is 33.4 Å². The number of anilines is 1. The van der Waals surface area contributed by atoms with Crippen LogP contribution >= 0.6 is 36.2 Å². The lowest BCUT2D eigenvalue weighted by molar-refractivity contribution is 0.103. The van der Waals surface area contributed by atoms with E-state index in [1.165, 1.54) is 24.2 Å². The van der Waals surface area contributed by atoms with Crippen molar-refractivity contribution >= 4 is 58.8 Å². The number of hydrogen-bond acceptors (Lipinski definition) is 4. The van der Waals surface area contributed by atoms with Gasteiger partial charge in [0.1, 0.15) is 5.82 Å². The van der Waals surface area contributed by atoms with Gasteiger partial charge in [-0.05, 0) is 55.6 Å². The van der Waals surface area contributed by atoms with Gasteiger partial charge >= 0.3 is 0 Å². The minimum absolute atomic E-state index is 0. The van der Waals surface area contributed by atoms with Gasteiger partial charge in [0, 0.05) is 12.7 Å². The number of fused-ring (bicyclic) bond motifs is 1. The van der Waals surface area contributed by atoms with E-state index in [9.17, 15) is 4.79 Å². The van der Waals surface area contributed by atoms with Crippen LogP contribution in [-0.2, 0) is 13.6 Å². The summed E-state index contributed by atoms with van der Waals surface area (Å²) in [5.41, 5.74) is 2.81. The number of rotatable bonds is 4. The third-order valence-electron chi connectivity index (χ3n) is 4.54. The fourth-order valence-electron chi connectivity index (χ4n) is 3.21. The zero-order valence-corrected chi connectivity index (χ0v) is 16.9. The number of carbonyl (C=O) groups is 1. The van der Waals surface area contributed by atoms with Crippen molar-refractivity contribution in [1.82, 2.24) is 14.5 Å². The number of hydrogen-bond donors (Lipinski definition) is 1. The largest absolute Gasteiger partial charge is 0.330 e. The Morgan fingerprint density at radius 2 is 2.00 bits per heavy atom. The Balaban J connectivity index is 0.00000121. The van der Waals surface area contributed by atoms with Crippen molar-refractivity contribution < 1.29 is 4.79 Å². The summed E-state index contributed by atoms with van der Waals surface area (Å²) < 4.78 is 2.15. The minimum atomic E-state index is -0.0717. The third kappa shape index (κ3) is 4.20. The quantitative estimate of drug-likeness (QED) is 0.693. The van der Waals surface area contributed by atoms with E-state index >= 15 is 0 Å². The van der Waals surface area contributed by atoms with Gasteiger partial charge in [0.2, 0.25) is 0 Å². The molecule has 3 heterocycles. The summed E-state index contributed by atoms with van der Waals surface area (Å²) in [6, 6.07) is 9.63. The molecule has 0 aliphatic carbocycles. The Morgan fingerprint density at radius 3 is 2.69 bits per heavy atom. The molecule has 4 rings (SSSR count). The third-order valence-corrected chi connectivity index (χ3v) is 5.41. The van der Waals surface area contributed by atoms with Crippen molar-refractivity contribution in [1.29, 1.82) is 0 Å². The van der Waals surface area contributed by atoms with Crippen LogP contribution in [0.15, 0.2) is 35.7 Å². The molecule has 0 unspecified atom stereocenters. The Hall–Kier alpha value is -1.60. The molecule has 2 aromatic heterocycles. The van der Waals surface area contributed by atoms with Crippen LogP contribution in [0.5, 0.6) is 0 Å². The lowest BCUT2D eigenvalue weighted by Gasteiger charge is -2.13. The van der Waals surface area contributed by atoms with Crippen molar-refractivity contribution in [3.63, 3.8) is 0 Å². The molecule has 1 amide bonds. The van der Waals surface area contributed by atoms with Gasteiger partial charge in [0.25, 0.3) is 5.91 Å². The Labute approximate surface area is 169 Å². The summed E-state index contributed by atoms with van der Waals surface area (Å²) in [7, 11) is 2.06. The predicted molar refractivity (Wildman–Crippen MR) is 112 cm³/mol. The van der Waals surface area contributed by atoms with Gasteiger partial charge in [-0.25, -0.2) is 4.98 Å². The Kier molecular flexibility index (Phi) is 7.06. The molecule has 0 radical (unpaired) electrons. The Bertz CT molecular complexity index is 873. The summed E-state index contributed by atoms with van der Waals surface area (Å²) in [6.07, 6.45) is 2.56. The number of nitrogens with one attached hydrogen (secondary N) is 1. The zero-order valence-electron chi connectivity index (χ0n) is 14.5. The highest BCUT2D eigenvalue weighted by Gasteiger charge is 2.16. The highest BCUT2D eigenvalue weighted by atomic mass is 35.5. The first kappa shape index (κ1) is 20.7. The number of imidazole rings is 1. The molecular formula is C18H22Cl2N4OS. The summed E-state index contributed by atoms with van der Waals surface area (Å²) in [5, 5.41) is 4.85. The second-order valence-electron chi connectivity index (χ2n) is 6.21. The van der Waals surface area contributed by atoms with Crippen molar-refractivity contribution in [2.75, 3.05) is 18.4 Å². The van der Waals surface area contributed by atoms with E-state index in [0.29, 0.717) is 4.88 Å². The summed E-state index contributed by atoms with van der Waals surface area (Å²) in [5.74, 6) is 1.01. The van der Waals surface area contributed by atoms with Crippen LogP contribution in [0.1, 0.15) is 28.3 Å². The van der Waals surface area contributed by atoms with Gasteiger partial charge in [0.15, 0.2) is 0 Å². The van der Waals surface area contributed by atoms with E-state index in [1.54, 1.807) is 0 Å². The molecule has 0 spiro atoms. The highest BCUT2D eigenvalue weighted by Crippen LogP contribution is 2.22. The van der Waals surface area contributed by atoms with Crippen LogP contribution in [0, 0.1) is 0 Å². The average molecular weight is 413 g/mol. The van der Waals surface area contributed by atoms with Crippen LogP contribution in [0.4, 0.5) is 5.69 Å². The Morgan fingerprint density at radius 1 is 1.23 bits per heavy atom. The summed E-state index contributed by atoms with van der Waals surface area (Å²) in [4.78, 5) is 20.1. The first-order valence-corrected chi connectivity index (χ1v) is 9.11. The zero-order chi connectivity index (χ0) is 16.5. The monoisotopic (exact) mass is 412 g/mol. The van der Waals surface area contributed by atoms with Gasteiger partial charge in [-0.1, -0.05) is 6.07 Å². The highest BCUT2D eigenvalue weighted by molar-refractivity contribution is 7.12. The maximum Gasteiger partial charge on any atom is 0.265 e. The van der Waals surface area contributed by atoms with Crippen molar-refractivity contribution in [2.24, 2.45) is 7.05 Å². The molecule has 8 heteroatoms. The second-order valence-corrected chi connectivity index (χ2v) is 7.15. The van der Waals surface area contributed by atoms with Crippen molar-refractivity contribution in [2.45, 2.75) is 19.4 Å². The van der Waals surface area contributed by atoms with E-state index in [2.05, 4.69) is 21.8 Å². The number of aryl methyl sites for hydroxylation is 1. The SMILES string of the molecule is Cl.Cl.Cn1c(CN2CCCC2)nc2cc(NC(=O)c3cccs3)ccc21. The maximum absolute atomic E-state index is 12.2. The van der Waals surface area contributed by atoms with E-state index < -0.39 is 0 Å². The maximum atomic E-state index is 12.2. The van der Waals surface area contributed by atoms with Crippen molar-refractivity contribution in [3.8, 4) is 0 Å². The minimum Gasteiger partial charge on any atom is -0.330 e. The topological polar surface area (TPSA) is 50.2 Å². The molecule has 1 N–H and O–H groups in total. The first-order valence-electron chi connectivity index (χ1n) is 8.23. The average Bonchev–Trinajstić information content (AvgIpc) is 3.31. The van der Waals surface area contributed by atoms with Crippen LogP contribution < -0.4 is 5.32 Å².